The molecule has 190 valence electrons. The number of ether oxygens (including phenoxy) is 2. The Labute approximate surface area is 211 Å². The molecule has 2 aromatic rings. The average molecular weight is 523 g/mol. The molecule has 0 radical (unpaired) electrons. The number of para-hydroxylation sites is 2. The van der Waals surface area contributed by atoms with Crippen molar-refractivity contribution in [1.29, 1.82) is 0 Å². The Morgan fingerprint density at radius 1 is 1.06 bits per heavy atom. The summed E-state index contributed by atoms with van der Waals surface area (Å²) in [5.74, 6) is -0.462. The van der Waals surface area contributed by atoms with Crippen LogP contribution in [0.15, 0.2) is 53.4 Å². The maximum Gasteiger partial charge on any atom is 0.410 e. The number of carbonyl (C=O) groups excluding carboxylic acids is 2. The van der Waals surface area contributed by atoms with Gasteiger partial charge in [0.1, 0.15) is 10.5 Å². The normalized spacial score (nSPS) is 14.9. The predicted molar refractivity (Wildman–Crippen MR) is 134 cm³/mol. The Bertz CT molecular complexity index is 1170. The van der Waals surface area contributed by atoms with Crippen LogP contribution in [-0.2, 0) is 19.6 Å². The first-order valence-corrected chi connectivity index (χ1v) is 13.2. The second kappa shape index (κ2) is 10.9. The van der Waals surface area contributed by atoms with Crippen molar-refractivity contribution in [3.05, 3.63) is 53.6 Å². The molecule has 0 spiro atoms. The molecule has 0 saturated carbocycles. The van der Waals surface area contributed by atoms with Crippen LogP contribution in [0.4, 0.5) is 10.5 Å². The van der Waals surface area contributed by atoms with Gasteiger partial charge in [-0.1, -0.05) is 35.9 Å². The molecule has 0 unspecified atom stereocenters. The lowest BCUT2D eigenvalue weighted by Crippen LogP contribution is -2.44. The number of hydrogen-bond donors (Lipinski definition) is 0. The van der Waals surface area contributed by atoms with E-state index in [1.54, 1.807) is 41.3 Å². The largest absolute Gasteiger partial charge is 0.444 e. The van der Waals surface area contributed by atoms with E-state index in [0.717, 1.165) is 0 Å². The minimum Gasteiger partial charge on any atom is -0.444 e. The van der Waals surface area contributed by atoms with Crippen molar-refractivity contribution < 1.29 is 27.5 Å². The number of piperidine rings is 1. The SMILES string of the molecule is CC(=O)Oc1ccccc1N(CC1CCN(C(=O)OC(C)(C)C)CC1)S(=O)(=O)c1ccccc1Cl. The maximum absolute atomic E-state index is 13.8. The monoisotopic (exact) mass is 522 g/mol. The quantitative estimate of drug-likeness (QED) is 0.386. The Kier molecular flexibility index (Phi) is 8.33. The highest BCUT2D eigenvalue weighted by atomic mass is 35.5. The fourth-order valence-corrected chi connectivity index (χ4v) is 5.91. The number of nitrogens with zero attached hydrogens (tertiary/aromatic N) is 2. The molecule has 3 rings (SSSR count). The van der Waals surface area contributed by atoms with Gasteiger partial charge in [-0.25, -0.2) is 13.2 Å². The van der Waals surface area contributed by atoms with E-state index in [4.69, 9.17) is 21.1 Å². The third-order valence-electron chi connectivity index (χ3n) is 5.48. The van der Waals surface area contributed by atoms with Crippen molar-refractivity contribution in [3.8, 4) is 5.75 Å². The molecule has 0 N–H and O–H groups in total. The Hall–Kier alpha value is -2.78. The van der Waals surface area contributed by atoms with Gasteiger partial charge in [-0.15, -0.1) is 0 Å². The molecule has 0 aliphatic carbocycles. The summed E-state index contributed by atoms with van der Waals surface area (Å²) in [7, 11) is -4.09. The average Bonchev–Trinajstić information content (AvgIpc) is 2.77. The third-order valence-corrected chi connectivity index (χ3v) is 7.76. The van der Waals surface area contributed by atoms with Crippen molar-refractivity contribution in [2.24, 2.45) is 5.92 Å². The fraction of sp³-hybridized carbons (Fsp3) is 0.440. The van der Waals surface area contributed by atoms with Crippen molar-refractivity contribution in [2.45, 2.75) is 51.0 Å². The molecule has 35 heavy (non-hydrogen) atoms. The number of amides is 1. The van der Waals surface area contributed by atoms with Crippen LogP contribution in [0.1, 0.15) is 40.5 Å². The zero-order valence-corrected chi connectivity index (χ0v) is 21.9. The summed E-state index contributed by atoms with van der Waals surface area (Å²) in [6.07, 6.45) is 0.796. The molecule has 1 aliphatic heterocycles. The molecular formula is C25H31ClN2O6S. The molecule has 1 heterocycles. The summed E-state index contributed by atoms with van der Waals surface area (Å²) >= 11 is 6.26. The van der Waals surface area contributed by atoms with E-state index in [1.165, 1.54) is 23.4 Å². The van der Waals surface area contributed by atoms with Crippen LogP contribution in [0.2, 0.25) is 5.02 Å². The van der Waals surface area contributed by atoms with Crippen LogP contribution >= 0.6 is 11.6 Å². The van der Waals surface area contributed by atoms with Crippen LogP contribution in [0.25, 0.3) is 0 Å². The summed E-state index contributed by atoms with van der Waals surface area (Å²) < 4.78 is 39.7. The number of sulfonamides is 1. The van der Waals surface area contributed by atoms with E-state index in [1.807, 2.05) is 20.8 Å². The number of anilines is 1. The van der Waals surface area contributed by atoms with E-state index in [2.05, 4.69) is 0 Å². The van der Waals surface area contributed by atoms with Crippen LogP contribution in [0.3, 0.4) is 0 Å². The number of rotatable bonds is 6. The summed E-state index contributed by atoms with van der Waals surface area (Å²) in [6.45, 7) is 7.74. The van der Waals surface area contributed by atoms with Crippen LogP contribution < -0.4 is 9.04 Å². The Morgan fingerprint density at radius 2 is 1.66 bits per heavy atom. The number of halogens is 1. The van der Waals surface area contributed by atoms with Crippen LogP contribution in [-0.4, -0.2) is 50.6 Å². The second-order valence-electron chi connectivity index (χ2n) is 9.44. The molecule has 1 amide bonds. The molecule has 10 heteroatoms. The van der Waals surface area contributed by atoms with Gasteiger partial charge in [-0.3, -0.25) is 9.10 Å². The van der Waals surface area contributed by atoms with Gasteiger partial charge in [-0.05, 0) is 63.8 Å². The Morgan fingerprint density at radius 3 is 2.26 bits per heavy atom. The van der Waals surface area contributed by atoms with Gasteiger partial charge in [0.05, 0.1) is 10.7 Å². The van der Waals surface area contributed by atoms with Gasteiger partial charge >= 0.3 is 12.1 Å². The molecule has 0 aromatic heterocycles. The van der Waals surface area contributed by atoms with Gasteiger partial charge in [0.15, 0.2) is 5.75 Å². The van der Waals surface area contributed by atoms with Crippen LogP contribution in [0, 0.1) is 5.92 Å². The molecule has 1 fully saturated rings. The maximum atomic E-state index is 13.8. The van der Waals surface area contributed by atoms with E-state index < -0.39 is 21.6 Å². The topological polar surface area (TPSA) is 93.2 Å². The van der Waals surface area contributed by atoms with Gasteiger partial charge in [0.2, 0.25) is 0 Å². The fourth-order valence-electron chi connectivity index (χ4n) is 3.86. The summed E-state index contributed by atoms with van der Waals surface area (Å²) in [6, 6.07) is 12.7. The highest BCUT2D eigenvalue weighted by Gasteiger charge is 2.34. The number of hydrogen-bond acceptors (Lipinski definition) is 6. The van der Waals surface area contributed by atoms with Crippen molar-refractivity contribution in [3.63, 3.8) is 0 Å². The zero-order chi connectivity index (χ0) is 25.8. The van der Waals surface area contributed by atoms with E-state index in [0.29, 0.717) is 25.9 Å². The van der Waals surface area contributed by atoms with Crippen LogP contribution in [0.5, 0.6) is 5.75 Å². The number of esters is 1. The first-order valence-electron chi connectivity index (χ1n) is 11.4. The van der Waals surface area contributed by atoms with Gasteiger partial charge in [0, 0.05) is 26.6 Å². The Balaban J connectivity index is 1.90. The van der Waals surface area contributed by atoms with Crippen molar-refractivity contribution >= 4 is 39.4 Å². The first-order chi connectivity index (χ1) is 16.4. The number of likely N-dealkylation sites (tertiary alicyclic amines) is 1. The molecule has 2 aromatic carbocycles. The lowest BCUT2D eigenvalue weighted by atomic mass is 9.97. The standard InChI is InChI=1S/C25H31ClN2O6S/c1-18(29)33-22-11-7-6-10-21(22)28(35(31,32)23-12-8-5-9-20(23)26)17-19-13-15-27(16-14-19)24(30)34-25(2,3)4/h5-12,19H,13-17H2,1-4H3. The molecule has 1 saturated heterocycles. The smallest absolute Gasteiger partial charge is 0.410 e. The van der Waals surface area contributed by atoms with Gasteiger partial charge < -0.3 is 14.4 Å². The number of benzene rings is 2. The molecular weight excluding hydrogens is 492 g/mol. The summed E-state index contributed by atoms with van der Waals surface area (Å²) in [5, 5.41) is 0.0993. The highest BCUT2D eigenvalue weighted by Crippen LogP contribution is 2.36. The third kappa shape index (κ3) is 6.89. The van der Waals surface area contributed by atoms with E-state index in [-0.39, 0.29) is 39.9 Å². The molecule has 0 atom stereocenters. The molecule has 0 bridgehead atoms. The van der Waals surface area contributed by atoms with Crippen molar-refractivity contribution in [1.82, 2.24) is 4.90 Å². The predicted octanol–water partition coefficient (Wildman–Crippen LogP) is 5.11. The highest BCUT2D eigenvalue weighted by molar-refractivity contribution is 7.93. The number of carbonyl (C=O) groups is 2. The van der Waals surface area contributed by atoms with Gasteiger partial charge in [0.25, 0.3) is 10.0 Å². The van der Waals surface area contributed by atoms with E-state index in [9.17, 15) is 18.0 Å². The first kappa shape index (κ1) is 26.8. The lowest BCUT2D eigenvalue weighted by molar-refractivity contribution is -0.131. The summed E-state index contributed by atoms with van der Waals surface area (Å²) in [5.41, 5.74) is -0.342. The van der Waals surface area contributed by atoms with E-state index >= 15 is 0 Å². The van der Waals surface area contributed by atoms with Crippen molar-refractivity contribution in [2.75, 3.05) is 23.9 Å². The minimum atomic E-state index is -4.09. The molecule has 8 nitrogen and oxygen atoms in total. The minimum absolute atomic E-state index is 0.0366. The van der Waals surface area contributed by atoms with Gasteiger partial charge in [-0.2, -0.15) is 0 Å². The zero-order valence-electron chi connectivity index (χ0n) is 20.4. The lowest BCUT2D eigenvalue weighted by Gasteiger charge is -2.36. The summed E-state index contributed by atoms with van der Waals surface area (Å²) in [4.78, 5) is 25.7. The second-order valence-corrected chi connectivity index (χ2v) is 11.7. The molecule has 1 aliphatic rings.